The average Bonchev–Trinajstić information content (AvgIpc) is 2.56. The molecule has 2 rings (SSSR count). The maximum atomic E-state index is 11.6. The average molecular weight is 194 g/mol. The smallest absolute Gasteiger partial charge is 0.303 e. The molecule has 0 spiro atoms. The molecule has 3 nitrogen and oxygen atoms in total. The van der Waals surface area contributed by atoms with Crippen LogP contribution in [0.4, 0.5) is 0 Å². The fourth-order valence-electron chi connectivity index (χ4n) is 2.92. The molecular formula is C11H14O3. The van der Waals surface area contributed by atoms with Crippen LogP contribution in [0.15, 0.2) is 12.7 Å². The van der Waals surface area contributed by atoms with Gasteiger partial charge in [0.15, 0.2) is 0 Å². The second-order valence-corrected chi connectivity index (χ2v) is 4.15. The molecule has 2 aliphatic carbocycles. The van der Waals surface area contributed by atoms with Crippen LogP contribution in [0.3, 0.4) is 0 Å². The molecule has 76 valence electrons. The van der Waals surface area contributed by atoms with Gasteiger partial charge in [0, 0.05) is 19.3 Å². The SMILES string of the molecule is C=CC1(OC(C)=O)C2CCC1C(=O)C2. The topological polar surface area (TPSA) is 43.4 Å². The zero-order valence-electron chi connectivity index (χ0n) is 8.29. The lowest BCUT2D eigenvalue weighted by molar-refractivity contribution is -0.156. The van der Waals surface area contributed by atoms with E-state index >= 15 is 0 Å². The highest BCUT2D eigenvalue weighted by Gasteiger charge is 2.59. The summed E-state index contributed by atoms with van der Waals surface area (Å²) in [6, 6.07) is 0. The monoisotopic (exact) mass is 194 g/mol. The summed E-state index contributed by atoms with van der Waals surface area (Å²) in [4.78, 5) is 22.6. The van der Waals surface area contributed by atoms with E-state index in [1.807, 2.05) is 0 Å². The van der Waals surface area contributed by atoms with E-state index in [-0.39, 0.29) is 23.6 Å². The molecule has 3 atom stereocenters. The highest BCUT2D eigenvalue weighted by atomic mass is 16.6. The molecule has 2 fully saturated rings. The minimum absolute atomic E-state index is 0.131. The van der Waals surface area contributed by atoms with Crippen LogP contribution in [0.2, 0.25) is 0 Å². The van der Waals surface area contributed by atoms with Crippen molar-refractivity contribution in [1.82, 2.24) is 0 Å². The fourth-order valence-corrected chi connectivity index (χ4v) is 2.92. The zero-order valence-corrected chi connectivity index (χ0v) is 8.29. The van der Waals surface area contributed by atoms with Gasteiger partial charge in [-0.25, -0.2) is 0 Å². The number of hydrogen-bond acceptors (Lipinski definition) is 3. The quantitative estimate of drug-likeness (QED) is 0.494. The Kier molecular flexibility index (Phi) is 1.98. The van der Waals surface area contributed by atoms with Gasteiger partial charge in [-0.3, -0.25) is 9.59 Å². The van der Waals surface area contributed by atoms with Crippen LogP contribution in [0.1, 0.15) is 26.2 Å². The van der Waals surface area contributed by atoms with Gasteiger partial charge < -0.3 is 4.74 Å². The number of hydrogen-bond donors (Lipinski definition) is 0. The summed E-state index contributed by atoms with van der Waals surface area (Å²) < 4.78 is 5.33. The van der Waals surface area contributed by atoms with Gasteiger partial charge >= 0.3 is 5.97 Å². The first-order chi connectivity index (χ1) is 6.60. The Balaban J connectivity index is 2.33. The number of fused-ring (bicyclic) bond motifs is 2. The molecule has 0 aromatic carbocycles. The minimum Gasteiger partial charge on any atom is -0.454 e. The second-order valence-electron chi connectivity index (χ2n) is 4.15. The molecule has 0 amide bonds. The third-order valence-electron chi connectivity index (χ3n) is 3.46. The third-order valence-corrected chi connectivity index (χ3v) is 3.46. The van der Waals surface area contributed by atoms with Crippen LogP contribution in [-0.4, -0.2) is 17.4 Å². The van der Waals surface area contributed by atoms with Crippen molar-refractivity contribution in [1.29, 1.82) is 0 Å². The van der Waals surface area contributed by atoms with E-state index in [1.54, 1.807) is 6.08 Å². The van der Waals surface area contributed by atoms with Gasteiger partial charge in [-0.05, 0) is 18.9 Å². The number of carbonyl (C=O) groups is 2. The number of esters is 1. The van der Waals surface area contributed by atoms with Gasteiger partial charge in [-0.2, -0.15) is 0 Å². The first-order valence-corrected chi connectivity index (χ1v) is 4.96. The molecule has 0 aliphatic heterocycles. The third kappa shape index (κ3) is 1.04. The summed E-state index contributed by atoms with van der Waals surface area (Å²) >= 11 is 0. The van der Waals surface area contributed by atoms with Gasteiger partial charge in [-0.1, -0.05) is 6.58 Å². The van der Waals surface area contributed by atoms with Crippen LogP contribution in [0.5, 0.6) is 0 Å². The molecule has 2 saturated carbocycles. The maximum Gasteiger partial charge on any atom is 0.303 e. The Bertz CT molecular complexity index is 308. The lowest BCUT2D eigenvalue weighted by Gasteiger charge is -2.29. The predicted octanol–water partition coefficient (Wildman–Crippen LogP) is 1.47. The maximum absolute atomic E-state index is 11.6. The first kappa shape index (κ1) is 9.44. The normalized spacial score (nSPS) is 39.9. The molecule has 0 aromatic rings. The van der Waals surface area contributed by atoms with E-state index in [0.717, 1.165) is 12.8 Å². The van der Waals surface area contributed by atoms with Crippen molar-refractivity contribution in [2.75, 3.05) is 0 Å². The standard InChI is InChI=1S/C11H14O3/c1-3-11(14-7(2)12)8-4-5-9(11)10(13)6-8/h3,8-9H,1,4-6H2,2H3. The Morgan fingerprint density at radius 2 is 2.36 bits per heavy atom. The number of Topliss-reactive ketones (excluding diaryl/α,β-unsaturated/α-hetero) is 1. The molecule has 2 bridgehead atoms. The molecule has 0 aromatic heterocycles. The van der Waals surface area contributed by atoms with Gasteiger partial charge in [0.05, 0.1) is 5.92 Å². The second kappa shape index (κ2) is 2.94. The highest BCUT2D eigenvalue weighted by molar-refractivity contribution is 5.87. The Hall–Kier alpha value is -1.12. The van der Waals surface area contributed by atoms with E-state index in [4.69, 9.17) is 4.74 Å². The molecule has 3 heteroatoms. The van der Waals surface area contributed by atoms with Crippen molar-refractivity contribution in [3.8, 4) is 0 Å². The van der Waals surface area contributed by atoms with Crippen molar-refractivity contribution in [3.63, 3.8) is 0 Å². The number of rotatable bonds is 2. The summed E-state index contributed by atoms with van der Waals surface area (Å²) in [6.45, 7) is 5.10. The molecule has 0 N–H and O–H groups in total. The van der Waals surface area contributed by atoms with Crippen LogP contribution >= 0.6 is 0 Å². The molecule has 0 heterocycles. The van der Waals surface area contributed by atoms with E-state index < -0.39 is 5.60 Å². The molecule has 3 unspecified atom stereocenters. The van der Waals surface area contributed by atoms with Gasteiger partial charge in [-0.15, -0.1) is 0 Å². The number of ketones is 1. The molecular weight excluding hydrogens is 180 g/mol. The van der Waals surface area contributed by atoms with Crippen molar-refractivity contribution >= 4 is 11.8 Å². The van der Waals surface area contributed by atoms with E-state index in [1.165, 1.54) is 6.92 Å². The summed E-state index contributed by atoms with van der Waals surface area (Å²) in [7, 11) is 0. The van der Waals surface area contributed by atoms with Crippen LogP contribution < -0.4 is 0 Å². The summed E-state index contributed by atoms with van der Waals surface area (Å²) in [5, 5.41) is 0. The number of carbonyl (C=O) groups excluding carboxylic acids is 2. The molecule has 0 saturated heterocycles. The van der Waals surface area contributed by atoms with E-state index in [0.29, 0.717) is 6.42 Å². The Morgan fingerprint density at radius 3 is 2.71 bits per heavy atom. The van der Waals surface area contributed by atoms with Gasteiger partial charge in [0.25, 0.3) is 0 Å². The lowest BCUT2D eigenvalue weighted by atomic mass is 9.91. The molecule has 0 radical (unpaired) electrons. The number of ether oxygens (including phenoxy) is 1. The van der Waals surface area contributed by atoms with Crippen LogP contribution in [0.25, 0.3) is 0 Å². The van der Waals surface area contributed by atoms with E-state index in [2.05, 4.69) is 6.58 Å². The Morgan fingerprint density at radius 1 is 1.64 bits per heavy atom. The highest BCUT2D eigenvalue weighted by Crippen LogP contribution is 2.52. The molecule has 2 aliphatic rings. The van der Waals surface area contributed by atoms with Gasteiger partial charge in [0.1, 0.15) is 11.4 Å². The van der Waals surface area contributed by atoms with Crippen LogP contribution in [-0.2, 0) is 14.3 Å². The van der Waals surface area contributed by atoms with Crippen LogP contribution in [0, 0.1) is 11.8 Å². The largest absolute Gasteiger partial charge is 0.454 e. The lowest BCUT2D eigenvalue weighted by Crippen LogP contribution is -2.38. The molecule has 14 heavy (non-hydrogen) atoms. The first-order valence-electron chi connectivity index (χ1n) is 4.96. The van der Waals surface area contributed by atoms with Crippen molar-refractivity contribution < 1.29 is 14.3 Å². The Labute approximate surface area is 83.1 Å². The van der Waals surface area contributed by atoms with Gasteiger partial charge in [0.2, 0.25) is 0 Å². The van der Waals surface area contributed by atoms with Crippen molar-refractivity contribution in [3.05, 3.63) is 12.7 Å². The predicted molar refractivity (Wildman–Crippen MR) is 50.5 cm³/mol. The minimum atomic E-state index is -0.678. The fraction of sp³-hybridized carbons (Fsp3) is 0.636. The van der Waals surface area contributed by atoms with E-state index in [9.17, 15) is 9.59 Å². The van der Waals surface area contributed by atoms with Crippen molar-refractivity contribution in [2.24, 2.45) is 11.8 Å². The summed E-state index contributed by atoms with van der Waals surface area (Å²) in [6.07, 6.45) is 4.00. The van der Waals surface area contributed by atoms with Crippen molar-refractivity contribution in [2.45, 2.75) is 31.8 Å². The zero-order chi connectivity index (χ0) is 10.3. The summed E-state index contributed by atoms with van der Waals surface area (Å²) in [5.41, 5.74) is -0.678. The summed E-state index contributed by atoms with van der Waals surface area (Å²) in [5.74, 6) is -0.0609.